The van der Waals surface area contributed by atoms with Crippen molar-refractivity contribution in [3.05, 3.63) is 33.8 Å². The second-order valence-electron chi connectivity index (χ2n) is 3.71. The SMILES string of the molecule is CCN1C(=O)N=C(N)C1c1cc(Cl)cc(Cl)c1. The second kappa shape index (κ2) is 4.55. The molecule has 6 heteroatoms. The van der Waals surface area contributed by atoms with Gasteiger partial charge in [-0.15, -0.1) is 0 Å². The minimum absolute atomic E-state index is 0.273. The van der Waals surface area contributed by atoms with Crippen LogP contribution in [0.1, 0.15) is 18.5 Å². The Morgan fingerprint density at radius 1 is 1.35 bits per heavy atom. The van der Waals surface area contributed by atoms with Gasteiger partial charge in [-0.05, 0) is 30.7 Å². The minimum atomic E-state index is -0.372. The summed E-state index contributed by atoms with van der Waals surface area (Å²) >= 11 is 11.9. The maximum atomic E-state index is 11.6. The number of hydrogen-bond donors (Lipinski definition) is 1. The van der Waals surface area contributed by atoms with E-state index >= 15 is 0 Å². The van der Waals surface area contributed by atoms with E-state index in [2.05, 4.69) is 4.99 Å². The molecular weight excluding hydrogens is 261 g/mol. The Labute approximate surface area is 109 Å². The van der Waals surface area contributed by atoms with Crippen molar-refractivity contribution < 1.29 is 4.79 Å². The highest BCUT2D eigenvalue weighted by atomic mass is 35.5. The molecule has 2 N–H and O–H groups in total. The van der Waals surface area contributed by atoms with Gasteiger partial charge in [0.1, 0.15) is 11.9 Å². The van der Waals surface area contributed by atoms with Gasteiger partial charge >= 0.3 is 6.03 Å². The van der Waals surface area contributed by atoms with Crippen LogP contribution in [0.5, 0.6) is 0 Å². The summed E-state index contributed by atoms with van der Waals surface area (Å²) in [7, 11) is 0. The van der Waals surface area contributed by atoms with Crippen LogP contribution < -0.4 is 5.73 Å². The molecule has 1 aliphatic rings. The number of amidine groups is 1. The lowest BCUT2D eigenvalue weighted by atomic mass is 10.1. The van der Waals surface area contributed by atoms with Gasteiger partial charge in [-0.3, -0.25) is 0 Å². The number of nitrogens with zero attached hydrogens (tertiary/aromatic N) is 2. The maximum absolute atomic E-state index is 11.6. The van der Waals surface area contributed by atoms with Gasteiger partial charge in [-0.1, -0.05) is 23.2 Å². The summed E-state index contributed by atoms with van der Waals surface area (Å²) in [5.41, 5.74) is 6.54. The van der Waals surface area contributed by atoms with Crippen molar-refractivity contribution in [1.82, 2.24) is 4.90 Å². The lowest BCUT2D eigenvalue weighted by Crippen LogP contribution is -2.33. The van der Waals surface area contributed by atoms with E-state index in [4.69, 9.17) is 28.9 Å². The van der Waals surface area contributed by atoms with Crippen molar-refractivity contribution in [3.8, 4) is 0 Å². The first-order chi connectivity index (χ1) is 8.02. The first-order valence-corrected chi connectivity index (χ1v) is 5.89. The number of halogens is 2. The van der Waals surface area contributed by atoms with Crippen LogP contribution in [0.3, 0.4) is 0 Å². The number of benzene rings is 1. The van der Waals surface area contributed by atoms with Crippen molar-refractivity contribution >= 4 is 35.1 Å². The Bertz CT molecular complexity index is 481. The van der Waals surface area contributed by atoms with Crippen molar-refractivity contribution in [2.24, 2.45) is 10.7 Å². The van der Waals surface area contributed by atoms with Gasteiger partial charge in [0.05, 0.1) is 0 Å². The van der Waals surface area contributed by atoms with Crippen LogP contribution >= 0.6 is 23.2 Å². The molecule has 0 saturated heterocycles. The third-order valence-corrected chi connectivity index (χ3v) is 3.04. The van der Waals surface area contributed by atoms with Crippen LogP contribution in [0.15, 0.2) is 23.2 Å². The fourth-order valence-electron chi connectivity index (χ4n) is 1.91. The van der Waals surface area contributed by atoms with Crippen LogP contribution in [0.4, 0.5) is 4.79 Å². The van der Waals surface area contributed by atoms with E-state index in [0.717, 1.165) is 5.56 Å². The molecule has 0 saturated carbocycles. The molecule has 0 fully saturated rings. The normalized spacial score (nSPS) is 19.7. The minimum Gasteiger partial charge on any atom is -0.385 e. The van der Waals surface area contributed by atoms with E-state index in [1.807, 2.05) is 6.92 Å². The zero-order chi connectivity index (χ0) is 12.6. The number of carbonyl (C=O) groups excluding carboxylic acids is 1. The number of nitrogens with two attached hydrogens (primary N) is 1. The van der Waals surface area contributed by atoms with Gasteiger partial charge in [0.15, 0.2) is 0 Å². The summed E-state index contributed by atoms with van der Waals surface area (Å²) in [5.74, 6) is 0.273. The van der Waals surface area contributed by atoms with Crippen molar-refractivity contribution in [2.45, 2.75) is 13.0 Å². The number of urea groups is 1. The monoisotopic (exact) mass is 271 g/mol. The highest BCUT2D eigenvalue weighted by molar-refractivity contribution is 6.34. The van der Waals surface area contributed by atoms with E-state index < -0.39 is 0 Å². The molecule has 1 aromatic rings. The average Bonchev–Trinajstić information content (AvgIpc) is 2.51. The molecule has 0 bridgehead atoms. The maximum Gasteiger partial charge on any atom is 0.346 e. The molecular formula is C11H11Cl2N3O. The number of carbonyl (C=O) groups is 1. The van der Waals surface area contributed by atoms with E-state index in [1.165, 1.54) is 0 Å². The Balaban J connectivity index is 2.45. The van der Waals surface area contributed by atoms with Gasteiger partial charge < -0.3 is 10.6 Å². The second-order valence-corrected chi connectivity index (χ2v) is 4.58. The molecule has 0 radical (unpaired) electrons. The van der Waals surface area contributed by atoms with Crippen LogP contribution in [0, 0.1) is 0 Å². The lowest BCUT2D eigenvalue weighted by Gasteiger charge is -2.23. The summed E-state index contributed by atoms with van der Waals surface area (Å²) in [6.45, 7) is 2.39. The summed E-state index contributed by atoms with van der Waals surface area (Å²) in [6.07, 6.45) is 0. The van der Waals surface area contributed by atoms with E-state index in [1.54, 1.807) is 23.1 Å². The van der Waals surface area contributed by atoms with Crippen molar-refractivity contribution in [1.29, 1.82) is 0 Å². The van der Waals surface area contributed by atoms with Crippen LogP contribution in [-0.2, 0) is 0 Å². The molecule has 1 atom stereocenters. The molecule has 2 rings (SSSR count). The first-order valence-electron chi connectivity index (χ1n) is 5.13. The predicted molar refractivity (Wildman–Crippen MR) is 68.6 cm³/mol. The number of rotatable bonds is 2. The average molecular weight is 272 g/mol. The van der Waals surface area contributed by atoms with E-state index in [9.17, 15) is 4.79 Å². The Morgan fingerprint density at radius 2 is 1.94 bits per heavy atom. The molecule has 4 nitrogen and oxygen atoms in total. The third kappa shape index (κ3) is 2.23. The fraction of sp³-hybridized carbons (Fsp3) is 0.273. The van der Waals surface area contributed by atoms with E-state index in [0.29, 0.717) is 16.6 Å². The molecule has 0 spiro atoms. The summed E-state index contributed by atoms with van der Waals surface area (Å²) in [6, 6.07) is 4.41. The molecule has 2 amide bonds. The van der Waals surface area contributed by atoms with Gasteiger partial charge in [0.2, 0.25) is 0 Å². The Kier molecular flexibility index (Phi) is 3.26. The number of amides is 2. The smallest absolute Gasteiger partial charge is 0.346 e. The highest BCUT2D eigenvalue weighted by Gasteiger charge is 2.33. The van der Waals surface area contributed by atoms with Gasteiger partial charge in [0, 0.05) is 16.6 Å². The molecule has 0 aromatic heterocycles. The zero-order valence-corrected chi connectivity index (χ0v) is 10.7. The Morgan fingerprint density at radius 3 is 2.47 bits per heavy atom. The topological polar surface area (TPSA) is 58.7 Å². The first kappa shape index (κ1) is 12.2. The van der Waals surface area contributed by atoms with E-state index in [-0.39, 0.29) is 17.9 Å². The van der Waals surface area contributed by atoms with Crippen LogP contribution in [0.2, 0.25) is 10.0 Å². The Hall–Kier alpha value is -1.26. The third-order valence-electron chi connectivity index (χ3n) is 2.60. The molecule has 17 heavy (non-hydrogen) atoms. The lowest BCUT2D eigenvalue weighted by molar-refractivity contribution is 0.210. The fourth-order valence-corrected chi connectivity index (χ4v) is 2.45. The zero-order valence-electron chi connectivity index (χ0n) is 9.15. The highest BCUT2D eigenvalue weighted by Crippen LogP contribution is 2.30. The van der Waals surface area contributed by atoms with Gasteiger partial charge in [0.25, 0.3) is 0 Å². The van der Waals surface area contributed by atoms with Crippen LogP contribution in [-0.4, -0.2) is 23.3 Å². The number of hydrogen-bond acceptors (Lipinski definition) is 2. The molecule has 1 aliphatic heterocycles. The number of likely N-dealkylation sites (N-methyl/N-ethyl adjacent to an activating group) is 1. The number of aliphatic imine (C=N–C) groups is 1. The quantitative estimate of drug-likeness (QED) is 0.899. The summed E-state index contributed by atoms with van der Waals surface area (Å²) < 4.78 is 0. The molecule has 90 valence electrons. The molecule has 0 aliphatic carbocycles. The standard InChI is InChI=1S/C11H11Cl2N3O/c1-2-16-9(10(14)15-11(16)17)6-3-7(12)5-8(13)4-6/h3-5,9H,2H2,1H3,(H2,14,15,17). The molecule has 1 unspecified atom stereocenters. The van der Waals surface area contributed by atoms with Gasteiger partial charge in [-0.2, -0.15) is 4.99 Å². The van der Waals surface area contributed by atoms with Crippen molar-refractivity contribution in [3.63, 3.8) is 0 Å². The molecule has 1 heterocycles. The van der Waals surface area contributed by atoms with Gasteiger partial charge in [-0.25, -0.2) is 4.79 Å². The summed E-state index contributed by atoms with van der Waals surface area (Å²) in [4.78, 5) is 16.9. The molecule has 1 aromatic carbocycles. The van der Waals surface area contributed by atoms with Crippen LogP contribution in [0.25, 0.3) is 0 Å². The summed E-state index contributed by atoms with van der Waals surface area (Å²) in [5, 5.41) is 1.02. The predicted octanol–water partition coefficient (Wildman–Crippen LogP) is 2.85. The largest absolute Gasteiger partial charge is 0.385 e. The van der Waals surface area contributed by atoms with Crippen molar-refractivity contribution in [2.75, 3.05) is 6.54 Å².